The normalized spacial score (nSPS) is 19.1. The van der Waals surface area contributed by atoms with Crippen LogP contribution in [0, 0.1) is 17.2 Å². The van der Waals surface area contributed by atoms with E-state index < -0.39 is 0 Å². The molecule has 0 spiro atoms. The second-order valence-electron chi connectivity index (χ2n) is 2.97. The molecule has 0 amide bonds. The van der Waals surface area contributed by atoms with Gasteiger partial charge in [0.05, 0.1) is 6.07 Å². The maximum Gasteiger partial charge on any atom is 0.0621 e. The largest absolute Gasteiger partial charge is 0.198 e. The highest BCUT2D eigenvalue weighted by Crippen LogP contribution is 2.30. The molecule has 0 aromatic rings. The molecule has 10 heavy (non-hydrogen) atoms. The summed E-state index contributed by atoms with van der Waals surface area (Å²) in [6, 6.07) is 2.18. The number of rotatable bonds is 3. The zero-order valence-corrected chi connectivity index (χ0v) is 6.40. The van der Waals surface area contributed by atoms with Crippen LogP contribution in [0.1, 0.15) is 44.9 Å². The van der Waals surface area contributed by atoms with E-state index in [1.165, 1.54) is 32.1 Å². The van der Waals surface area contributed by atoms with Gasteiger partial charge >= 0.3 is 0 Å². The third kappa shape index (κ3) is 2.39. The van der Waals surface area contributed by atoms with E-state index in [1.807, 2.05) is 0 Å². The summed E-state index contributed by atoms with van der Waals surface area (Å²) >= 11 is 0. The first-order valence-corrected chi connectivity index (χ1v) is 4.14. The average molecular weight is 136 g/mol. The quantitative estimate of drug-likeness (QED) is 0.547. The standard InChI is InChI=1S/C9H14N/c10-8-4-3-7-9-5-1-2-6-9/h1-7H2. The summed E-state index contributed by atoms with van der Waals surface area (Å²) in [6.45, 7) is 0. The van der Waals surface area contributed by atoms with Crippen LogP contribution in [-0.4, -0.2) is 0 Å². The van der Waals surface area contributed by atoms with Crippen molar-refractivity contribution in [2.45, 2.75) is 44.9 Å². The molecule has 1 aliphatic rings. The molecule has 0 aliphatic heterocycles. The van der Waals surface area contributed by atoms with Crippen molar-refractivity contribution in [3.05, 3.63) is 5.92 Å². The van der Waals surface area contributed by atoms with Crippen LogP contribution in [0.5, 0.6) is 0 Å². The number of hydrogen-bond donors (Lipinski definition) is 0. The molecule has 1 saturated carbocycles. The summed E-state index contributed by atoms with van der Waals surface area (Å²) in [7, 11) is 0. The predicted octanol–water partition coefficient (Wildman–Crippen LogP) is 2.83. The van der Waals surface area contributed by atoms with Crippen molar-refractivity contribution in [2.24, 2.45) is 0 Å². The molecule has 0 bridgehead atoms. The van der Waals surface area contributed by atoms with E-state index in [4.69, 9.17) is 5.26 Å². The van der Waals surface area contributed by atoms with Gasteiger partial charge in [-0.15, -0.1) is 0 Å². The second kappa shape index (κ2) is 4.33. The highest BCUT2D eigenvalue weighted by molar-refractivity contribution is 4.94. The van der Waals surface area contributed by atoms with Crippen molar-refractivity contribution in [3.63, 3.8) is 0 Å². The molecule has 1 rings (SSSR count). The van der Waals surface area contributed by atoms with Gasteiger partial charge in [0.1, 0.15) is 0 Å². The Bertz CT molecular complexity index is 117. The fourth-order valence-electron chi connectivity index (χ4n) is 1.54. The number of unbranched alkanes of at least 4 members (excludes halogenated alkanes) is 1. The van der Waals surface area contributed by atoms with E-state index in [0.29, 0.717) is 0 Å². The van der Waals surface area contributed by atoms with Gasteiger partial charge in [0, 0.05) is 6.42 Å². The number of hydrogen-bond acceptors (Lipinski definition) is 1. The van der Waals surface area contributed by atoms with E-state index in [1.54, 1.807) is 5.92 Å². The molecule has 55 valence electrons. The minimum absolute atomic E-state index is 0.740. The van der Waals surface area contributed by atoms with Crippen LogP contribution in [0.15, 0.2) is 0 Å². The summed E-state index contributed by atoms with van der Waals surface area (Å²) in [5.74, 6) is 1.70. The number of nitrogens with zero attached hydrogens (tertiary/aromatic N) is 1. The van der Waals surface area contributed by atoms with Gasteiger partial charge in [-0.05, 0) is 31.6 Å². The molecular weight excluding hydrogens is 122 g/mol. The Morgan fingerprint density at radius 3 is 2.60 bits per heavy atom. The smallest absolute Gasteiger partial charge is 0.0621 e. The maximum atomic E-state index is 8.28. The Morgan fingerprint density at radius 2 is 2.00 bits per heavy atom. The van der Waals surface area contributed by atoms with Gasteiger partial charge in [0.15, 0.2) is 0 Å². The van der Waals surface area contributed by atoms with Gasteiger partial charge in [-0.25, -0.2) is 0 Å². The van der Waals surface area contributed by atoms with Crippen molar-refractivity contribution < 1.29 is 0 Å². The van der Waals surface area contributed by atoms with Crippen LogP contribution in [-0.2, 0) is 0 Å². The topological polar surface area (TPSA) is 23.8 Å². The van der Waals surface area contributed by atoms with Crippen molar-refractivity contribution >= 4 is 0 Å². The van der Waals surface area contributed by atoms with Crippen LogP contribution < -0.4 is 0 Å². The first-order valence-electron chi connectivity index (χ1n) is 4.14. The summed E-state index contributed by atoms with van der Waals surface area (Å²) in [5, 5.41) is 8.28. The average Bonchev–Trinajstić information content (AvgIpc) is 2.41. The highest BCUT2D eigenvalue weighted by Gasteiger charge is 2.14. The van der Waals surface area contributed by atoms with Gasteiger partial charge in [-0.2, -0.15) is 5.26 Å². The lowest BCUT2D eigenvalue weighted by atomic mass is 10.0. The first-order chi connectivity index (χ1) is 4.93. The van der Waals surface area contributed by atoms with Crippen molar-refractivity contribution in [3.8, 4) is 6.07 Å². The minimum atomic E-state index is 0.740. The third-order valence-corrected chi connectivity index (χ3v) is 2.13. The summed E-state index contributed by atoms with van der Waals surface area (Å²) < 4.78 is 0. The lowest BCUT2D eigenvalue weighted by molar-refractivity contribution is 0.713. The van der Waals surface area contributed by atoms with E-state index in [9.17, 15) is 0 Å². The van der Waals surface area contributed by atoms with E-state index in [-0.39, 0.29) is 0 Å². The number of nitriles is 1. The lowest BCUT2D eigenvalue weighted by Crippen LogP contribution is -1.88. The molecule has 0 N–H and O–H groups in total. The van der Waals surface area contributed by atoms with Crippen LogP contribution in [0.4, 0.5) is 0 Å². The molecule has 1 heteroatoms. The Labute approximate surface area is 63.0 Å². The molecule has 1 aliphatic carbocycles. The Morgan fingerprint density at radius 1 is 1.30 bits per heavy atom. The Balaban J connectivity index is 1.97. The molecule has 1 nitrogen and oxygen atoms in total. The summed E-state index contributed by atoms with van der Waals surface area (Å²) in [4.78, 5) is 0. The molecule has 0 saturated heterocycles. The van der Waals surface area contributed by atoms with Crippen molar-refractivity contribution in [1.29, 1.82) is 5.26 Å². The van der Waals surface area contributed by atoms with Gasteiger partial charge in [-0.3, -0.25) is 0 Å². The summed E-state index contributed by atoms with van der Waals surface area (Å²) in [5.41, 5.74) is 0. The molecule has 1 radical (unpaired) electrons. The van der Waals surface area contributed by atoms with E-state index in [0.717, 1.165) is 12.8 Å². The predicted molar refractivity (Wildman–Crippen MR) is 41.2 cm³/mol. The Hall–Kier alpha value is -0.510. The molecular formula is C9H14N. The van der Waals surface area contributed by atoms with Crippen LogP contribution in [0.25, 0.3) is 0 Å². The zero-order valence-electron chi connectivity index (χ0n) is 6.40. The highest BCUT2D eigenvalue weighted by atomic mass is 14.2. The van der Waals surface area contributed by atoms with Gasteiger partial charge in [-0.1, -0.05) is 12.8 Å². The molecule has 0 unspecified atom stereocenters. The molecule has 0 aromatic carbocycles. The van der Waals surface area contributed by atoms with E-state index >= 15 is 0 Å². The second-order valence-corrected chi connectivity index (χ2v) is 2.97. The fourth-order valence-corrected chi connectivity index (χ4v) is 1.54. The van der Waals surface area contributed by atoms with Gasteiger partial charge in [0.2, 0.25) is 0 Å². The Kier molecular flexibility index (Phi) is 3.29. The van der Waals surface area contributed by atoms with Gasteiger partial charge < -0.3 is 0 Å². The monoisotopic (exact) mass is 136 g/mol. The molecule has 0 atom stereocenters. The van der Waals surface area contributed by atoms with Crippen LogP contribution in [0.3, 0.4) is 0 Å². The molecule has 1 fully saturated rings. The van der Waals surface area contributed by atoms with Crippen molar-refractivity contribution in [1.82, 2.24) is 0 Å². The zero-order chi connectivity index (χ0) is 7.23. The maximum absolute atomic E-state index is 8.28. The summed E-state index contributed by atoms with van der Waals surface area (Å²) in [6.07, 6.45) is 8.50. The van der Waals surface area contributed by atoms with Crippen LogP contribution in [0.2, 0.25) is 0 Å². The van der Waals surface area contributed by atoms with Crippen molar-refractivity contribution in [2.75, 3.05) is 0 Å². The van der Waals surface area contributed by atoms with Gasteiger partial charge in [0.25, 0.3) is 0 Å². The molecule has 0 heterocycles. The minimum Gasteiger partial charge on any atom is -0.198 e. The van der Waals surface area contributed by atoms with Crippen LogP contribution >= 0.6 is 0 Å². The van der Waals surface area contributed by atoms with E-state index in [2.05, 4.69) is 6.07 Å². The molecule has 0 aromatic heterocycles. The fraction of sp³-hybridized carbons (Fsp3) is 0.778. The SMILES string of the molecule is N#CCCC[C]1CCCC1. The first kappa shape index (κ1) is 7.60. The third-order valence-electron chi connectivity index (χ3n) is 2.13. The lowest BCUT2D eigenvalue weighted by Gasteiger charge is -2.03.